The number of aromatic amines is 5. The van der Waals surface area contributed by atoms with E-state index < -0.39 is 0 Å². The van der Waals surface area contributed by atoms with Crippen LogP contribution in [-0.4, -0.2) is 231 Å². The molecule has 0 unspecified atom stereocenters. The van der Waals surface area contributed by atoms with Gasteiger partial charge in [-0.25, -0.2) is 24.9 Å². The number of H-pyrrole nitrogens is 5. The van der Waals surface area contributed by atoms with Crippen LogP contribution in [0.1, 0.15) is 338 Å². The number of Topliss-reactive ketones (excluding diaryl/α,β-unsaturated/α-hetero) is 5. The lowest BCUT2D eigenvalue weighted by Crippen LogP contribution is -2.30. The van der Waals surface area contributed by atoms with Crippen LogP contribution in [0.4, 0.5) is 0 Å². The average Bonchev–Trinajstić information content (AvgIpc) is 1.76. The lowest BCUT2D eigenvalue weighted by atomic mass is 9.98. The van der Waals surface area contributed by atoms with Gasteiger partial charge in [-0.15, -0.1) is 0 Å². The highest BCUT2D eigenvalue weighted by molar-refractivity contribution is 6.02. The number of ketones is 5. The lowest BCUT2D eigenvalue weighted by Gasteiger charge is -2.21. The van der Waals surface area contributed by atoms with Crippen LogP contribution in [0, 0.1) is 0 Å². The van der Waals surface area contributed by atoms with E-state index in [4.69, 9.17) is 9.47 Å². The molecular formula is C80H126N20O17. The third-order valence-corrected chi connectivity index (χ3v) is 18.5. The summed E-state index contributed by atoms with van der Waals surface area (Å²) >= 11 is 0. The monoisotopic (exact) mass is 1640 g/mol. The molecule has 5 aromatic heterocycles. The SMILES string of the molecule is CCCCCCCNC(=O)c1ncc(C(=O)CCC(=O)NC)[nH]1.CCCCCCNC(=O)c1ncc(C(=O)CCC(=O)NC)[nH]1.CCCCCNC(=O)c1ncc(C(=O)CCC(=O)NC)[nH]1.CNC(=O)CCC(=O)c1cnc(C(=O)NCCCOC2CCCCC2)[nH]1.CNC(=O)CCC(=O)c1cnc(C(=O)NCCOC2CCCCC2)[nH]1. The molecule has 7 rings (SSSR count). The number of carbonyl (C=O) groups excluding carboxylic acids is 15. The van der Waals surface area contributed by atoms with Crippen molar-refractivity contribution in [3.8, 4) is 0 Å². The van der Waals surface area contributed by atoms with Crippen molar-refractivity contribution in [3.05, 3.63) is 88.6 Å². The summed E-state index contributed by atoms with van der Waals surface area (Å²) in [6.07, 6.45) is 33.9. The first-order valence-corrected chi connectivity index (χ1v) is 41.0. The lowest BCUT2D eigenvalue weighted by molar-refractivity contribution is -0.121. The highest BCUT2D eigenvalue weighted by Crippen LogP contribution is 2.22. The molecule has 0 spiro atoms. The number of aromatic nitrogens is 10. The van der Waals surface area contributed by atoms with Crippen LogP contribution < -0.4 is 53.2 Å². The Morgan fingerprint density at radius 3 is 0.778 bits per heavy atom. The van der Waals surface area contributed by atoms with E-state index in [0.29, 0.717) is 58.1 Å². The molecule has 37 heteroatoms. The van der Waals surface area contributed by atoms with Crippen LogP contribution in [0.5, 0.6) is 0 Å². The summed E-state index contributed by atoms with van der Waals surface area (Å²) in [6.45, 7) is 10.2. The number of nitrogens with zero attached hydrogens (tertiary/aromatic N) is 5. The van der Waals surface area contributed by atoms with E-state index in [2.05, 4.69) is 124 Å². The Bertz CT molecular complexity index is 3860. The van der Waals surface area contributed by atoms with Gasteiger partial charge >= 0.3 is 0 Å². The summed E-state index contributed by atoms with van der Waals surface area (Å²) in [5, 5.41) is 26.0. The van der Waals surface area contributed by atoms with E-state index in [-0.39, 0.29) is 210 Å². The van der Waals surface area contributed by atoms with Crippen molar-refractivity contribution in [2.24, 2.45) is 0 Å². The van der Waals surface area contributed by atoms with E-state index >= 15 is 0 Å². The molecule has 2 fully saturated rings. The molecule has 0 bridgehead atoms. The normalized spacial score (nSPS) is 12.3. The quantitative estimate of drug-likeness (QED) is 0.0137. The van der Waals surface area contributed by atoms with Gasteiger partial charge in [0.2, 0.25) is 29.5 Å². The van der Waals surface area contributed by atoms with Gasteiger partial charge in [0, 0.05) is 139 Å². The van der Waals surface area contributed by atoms with Crippen molar-refractivity contribution in [2.75, 3.05) is 81.2 Å². The standard InChI is InChI=1S/C18H28N4O4.C17H26N4O4.C16H26N4O3.C15H24N4O3.C14H22N4O3/c1-19-16(24)9-8-15(23)14-12-21-17(22-14)18(25)20-10-5-11-26-13-6-3-2-4-7-13;1-18-15(23)8-7-14(22)13-11-20-16(21-13)17(24)19-9-10-25-12-5-3-2-4-6-12;1-3-4-5-6-7-10-18-16(23)15-19-11-12(20-15)13(21)8-9-14(22)17-2;1-3-4-5-6-9-17-15(22)14-18-10-11(19-14)12(20)7-8-13(21)16-2;1-3-4-5-8-16-14(21)13-17-9-10(18-13)11(19)6-7-12(20)15-2/h12-13H,2-11H2,1H3,(H,19,24)(H,20,25)(H,21,22);11-12H,2-10H2,1H3,(H,18,23)(H,19,24)(H,20,21);11H,3-10H2,1-2H3,(H,17,22)(H,18,23)(H,19,20);10H,3-9H2,1-2H3,(H,16,21)(H,17,22)(H,18,19);9H,3-8H2,1-2H3,(H,15,20)(H,16,21)(H,17,18). The molecular weight excluding hydrogens is 1510 g/mol. The number of unbranched alkanes of at least 4 members (excludes halogenated alkanes) is 9. The average molecular weight is 1640 g/mol. The minimum absolute atomic E-state index is 0.0676. The molecule has 10 amide bonds. The topological polar surface area (TPSA) is 538 Å². The fourth-order valence-corrected chi connectivity index (χ4v) is 11.4. The van der Waals surface area contributed by atoms with Crippen LogP contribution in [0.15, 0.2) is 31.0 Å². The van der Waals surface area contributed by atoms with E-state index in [1.165, 1.54) is 124 Å². The Labute approximate surface area is 684 Å². The molecule has 0 atom stereocenters. The Morgan fingerprint density at radius 1 is 0.291 bits per heavy atom. The van der Waals surface area contributed by atoms with Crippen LogP contribution in [0.25, 0.3) is 0 Å². The van der Waals surface area contributed by atoms with Gasteiger partial charge in [-0.05, 0) is 51.4 Å². The second-order valence-electron chi connectivity index (χ2n) is 27.8. The van der Waals surface area contributed by atoms with Crippen molar-refractivity contribution in [1.29, 1.82) is 0 Å². The Balaban J connectivity index is 0.000000379. The number of imidazole rings is 5. The van der Waals surface area contributed by atoms with Crippen molar-refractivity contribution in [1.82, 2.24) is 103 Å². The first kappa shape index (κ1) is 100. The van der Waals surface area contributed by atoms with Gasteiger partial charge in [-0.3, -0.25) is 71.9 Å². The summed E-state index contributed by atoms with van der Waals surface area (Å²) in [6, 6.07) is 0. The maximum atomic E-state index is 12.0. The molecule has 0 radical (unpaired) electrons. The second kappa shape index (κ2) is 60.5. The van der Waals surface area contributed by atoms with Crippen molar-refractivity contribution in [2.45, 2.75) is 245 Å². The van der Waals surface area contributed by atoms with Crippen molar-refractivity contribution < 1.29 is 81.4 Å². The van der Waals surface area contributed by atoms with E-state index in [9.17, 15) is 71.9 Å². The Kier molecular flexibility index (Phi) is 51.8. The van der Waals surface area contributed by atoms with Gasteiger partial charge in [-0.2, -0.15) is 0 Å². The molecule has 15 N–H and O–H groups in total. The molecule has 5 heterocycles. The molecule has 2 aliphatic carbocycles. The number of carbonyl (C=O) groups is 15. The molecule has 0 aliphatic heterocycles. The molecule has 37 nitrogen and oxygen atoms in total. The van der Waals surface area contributed by atoms with Gasteiger partial charge in [0.25, 0.3) is 29.5 Å². The maximum Gasteiger partial charge on any atom is 0.287 e. The Morgan fingerprint density at radius 2 is 0.513 bits per heavy atom. The Hall–Kier alpha value is -11.0. The minimum Gasteiger partial charge on any atom is -0.378 e. The number of ether oxygens (including phenoxy) is 2. The minimum atomic E-state index is -0.377. The molecule has 648 valence electrons. The predicted molar refractivity (Wildman–Crippen MR) is 435 cm³/mol. The van der Waals surface area contributed by atoms with Crippen LogP contribution in [0.2, 0.25) is 0 Å². The third kappa shape index (κ3) is 43.0. The van der Waals surface area contributed by atoms with Crippen molar-refractivity contribution >= 4 is 88.0 Å². The zero-order valence-electron chi connectivity index (χ0n) is 69.5. The summed E-state index contributed by atoms with van der Waals surface area (Å²) < 4.78 is 11.5. The van der Waals surface area contributed by atoms with Gasteiger partial charge < -0.3 is 87.6 Å². The fourth-order valence-electron chi connectivity index (χ4n) is 11.4. The van der Waals surface area contributed by atoms with E-state index in [1.54, 1.807) is 0 Å². The van der Waals surface area contributed by atoms with Gasteiger partial charge in [-0.1, -0.05) is 117 Å². The summed E-state index contributed by atoms with van der Waals surface area (Å²) in [4.78, 5) is 208. The number of hydrogen-bond acceptors (Lipinski definition) is 22. The molecule has 117 heavy (non-hydrogen) atoms. The van der Waals surface area contributed by atoms with Crippen molar-refractivity contribution in [3.63, 3.8) is 0 Å². The number of amides is 10. The van der Waals surface area contributed by atoms with E-state index in [0.717, 1.165) is 89.9 Å². The second-order valence-corrected chi connectivity index (χ2v) is 27.8. The van der Waals surface area contributed by atoms with Gasteiger partial charge in [0.15, 0.2) is 58.0 Å². The zero-order valence-corrected chi connectivity index (χ0v) is 69.5. The fraction of sp³-hybridized carbons (Fsp3) is 0.625. The van der Waals surface area contributed by atoms with Crippen LogP contribution in [0.3, 0.4) is 0 Å². The molecule has 2 aliphatic rings. The largest absolute Gasteiger partial charge is 0.378 e. The first-order chi connectivity index (χ1) is 56.4. The zero-order chi connectivity index (χ0) is 86.0. The summed E-state index contributed by atoms with van der Waals surface area (Å²) in [5.41, 5.74) is 1.21. The maximum absolute atomic E-state index is 12.0. The number of nitrogens with one attached hydrogen (secondary N) is 15. The highest BCUT2D eigenvalue weighted by Gasteiger charge is 2.22. The number of hydrogen-bond donors (Lipinski definition) is 15. The van der Waals surface area contributed by atoms with Crippen LogP contribution >= 0.6 is 0 Å². The smallest absolute Gasteiger partial charge is 0.287 e. The molecule has 0 saturated heterocycles. The molecule has 2 saturated carbocycles. The van der Waals surface area contributed by atoms with Gasteiger partial charge in [0.05, 0.1) is 49.8 Å². The van der Waals surface area contributed by atoms with Crippen LogP contribution in [-0.2, 0) is 33.4 Å². The van der Waals surface area contributed by atoms with Gasteiger partial charge in [0.1, 0.15) is 28.5 Å². The predicted octanol–water partition coefficient (Wildman–Crippen LogP) is 7.07. The number of rotatable bonds is 49. The highest BCUT2D eigenvalue weighted by atomic mass is 16.5. The molecule has 5 aromatic rings. The first-order valence-electron chi connectivity index (χ1n) is 41.0. The summed E-state index contributed by atoms with van der Waals surface area (Å²) in [7, 11) is 7.60. The summed E-state index contributed by atoms with van der Waals surface area (Å²) in [5.74, 6) is -3.35. The molecule has 0 aromatic carbocycles. The van der Waals surface area contributed by atoms with E-state index in [1.807, 2.05) is 0 Å². The third-order valence-electron chi connectivity index (χ3n) is 18.5.